The Hall–Kier alpha value is -4.44. The Bertz CT molecular complexity index is 1340. The Morgan fingerprint density at radius 3 is 2.63 bits per heavy atom. The molecular weight excluding hydrogens is 444 g/mol. The molecule has 0 aromatic heterocycles. The standard InChI is InChI=1S/C28H26N2O5/c1-4-13-33-23-12-9-18(14-25(23)32-3)26-21-11-10-19(15-24(21)35-27(30)22(26)16-29)34-28(31)20-8-6-5-7-17(20)2/h5-12,14-15,26H,4,13,30H2,1-3H3. The lowest BCUT2D eigenvalue weighted by Crippen LogP contribution is -2.21. The quantitative estimate of drug-likeness (QED) is 0.372. The van der Waals surface area contributed by atoms with Gasteiger partial charge in [-0.3, -0.25) is 0 Å². The molecule has 0 bridgehead atoms. The van der Waals surface area contributed by atoms with Gasteiger partial charge >= 0.3 is 5.97 Å². The van der Waals surface area contributed by atoms with Crippen LogP contribution in [0.2, 0.25) is 0 Å². The number of rotatable bonds is 7. The van der Waals surface area contributed by atoms with Crippen molar-refractivity contribution >= 4 is 5.97 Å². The van der Waals surface area contributed by atoms with Gasteiger partial charge in [0, 0.05) is 11.6 Å². The van der Waals surface area contributed by atoms with Crippen LogP contribution in [0.3, 0.4) is 0 Å². The van der Waals surface area contributed by atoms with Gasteiger partial charge in [0.1, 0.15) is 23.1 Å². The summed E-state index contributed by atoms with van der Waals surface area (Å²) < 4.78 is 22.6. The maximum Gasteiger partial charge on any atom is 0.343 e. The second kappa shape index (κ2) is 10.2. The third-order valence-corrected chi connectivity index (χ3v) is 5.75. The fourth-order valence-corrected chi connectivity index (χ4v) is 4.00. The lowest BCUT2D eigenvalue weighted by atomic mass is 9.83. The van der Waals surface area contributed by atoms with E-state index in [0.717, 1.165) is 23.1 Å². The summed E-state index contributed by atoms with van der Waals surface area (Å²) in [4.78, 5) is 12.7. The molecule has 1 atom stereocenters. The van der Waals surface area contributed by atoms with Crippen LogP contribution in [0.1, 0.15) is 46.3 Å². The molecule has 1 aliphatic heterocycles. The summed E-state index contributed by atoms with van der Waals surface area (Å²) in [6, 6.07) is 20.0. The summed E-state index contributed by atoms with van der Waals surface area (Å²) in [7, 11) is 1.57. The van der Waals surface area contributed by atoms with E-state index in [4.69, 9.17) is 24.7 Å². The van der Waals surface area contributed by atoms with Gasteiger partial charge < -0.3 is 24.7 Å². The highest BCUT2D eigenvalue weighted by Crippen LogP contribution is 2.45. The van der Waals surface area contributed by atoms with Gasteiger partial charge in [0.2, 0.25) is 5.88 Å². The first-order chi connectivity index (χ1) is 17.0. The number of benzene rings is 3. The topological polar surface area (TPSA) is 104 Å². The number of fused-ring (bicyclic) bond motifs is 1. The van der Waals surface area contributed by atoms with Crippen molar-refractivity contribution in [3.05, 3.63) is 94.4 Å². The number of esters is 1. The van der Waals surface area contributed by atoms with Gasteiger partial charge in [0.25, 0.3) is 0 Å². The van der Waals surface area contributed by atoms with Crippen LogP contribution in [-0.2, 0) is 0 Å². The predicted octanol–water partition coefficient (Wildman–Crippen LogP) is 5.23. The van der Waals surface area contributed by atoms with E-state index >= 15 is 0 Å². The first-order valence-corrected chi connectivity index (χ1v) is 11.3. The van der Waals surface area contributed by atoms with Crippen LogP contribution in [0.25, 0.3) is 0 Å². The van der Waals surface area contributed by atoms with Crippen LogP contribution in [0, 0.1) is 18.3 Å². The van der Waals surface area contributed by atoms with Crippen molar-refractivity contribution in [2.24, 2.45) is 5.73 Å². The maximum absolute atomic E-state index is 12.7. The Balaban J connectivity index is 1.70. The van der Waals surface area contributed by atoms with E-state index in [-0.39, 0.29) is 11.5 Å². The average molecular weight is 471 g/mol. The zero-order valence-corrected chi connectivity index (χ0v) is 19.8. The van der Waals surface area contributed by atoms with Crippen molar-refractivity contribution in [3.8, 4) is 29.1 Å². The molecule has 0 spiro atoms. The maximum atomic E-state index is 12.7. The molecule has 3 aromatic rings. The van der Waals surface area contributed by atoms with Gasteiger partial charge in [-0.2, -0.15) is 5.26 Å². The molecule has 4 rings (SSSR count). The molecular formula is C28H26N2O5. The summed E-state index contributed by atoms with van der Waals surface area (Å²) >= 11 is 0. The highest BCUT2D eigenvalue weighted by molar-refractivity contribution is 5.92. The molecule has 35 heavy (non-hydrogen) atoms. The molecule has 0 aliphatic carbocycles. The van der Waals surface area contributed by atoms with Crippen LogP contribution in [0.5, 0.6) is 23.0 Å². The Morgan fingerprint density at radius 2 is 1.91 bits per heavy atom. The first kappa shape index (κ1) is 23.7. The highest BCUT2D eigenvalue weighted by Gasteiger charge is 2.32. The smallest absolute Gasteiger partial charge is 0.343 e. The number of ether oxygens (including phenoxy) is 4. The zero-order chi connectivity index (χ0) is 24.9. The number of nitriles is 1. The third-order valence-electron chi connectivity index (χ3n) is 5.75. The van der Waals surface area contributed by atoms with Crippen molar-refractivity contribution in [1.29, 1.82) is 5.26 Å². The molecule has 1 heterocycles. The van der Waals surface area contributed by atoms with Gasteiger partial charge in [0.15, 0.2) is 11.5 Å². The largest absolute Gasteiger partial charge is 0.493 e. The molecule has 1 aliphatic rings. The number of aryl methyl sites for hydroxylation is 1. The number of nitrogens with two attached hydrogens (primary N) is 1. The molecule has 0 amide bonds. The minimum atomic E-state index is -0.487. The van der Waals surface area contributed by atoms with Crippen LogP contribution in [0.15, 0.2) is 72.1 Å². The molecule has 0 fully saturated rings. The molecule has 3 aromatic carbocycles. The lowest BCUT2D eigenvalue weighted by Gasteiger charge is -2.27. The molecule has 7 nitrogen and oxygen atoms in total. The summed E-state index contributed by atoms with van der Waals surface area (Å²) in [5.41, 5.74) is 9.22. The molecule has 0 saturated carbocycles. The Morgan fingerprint density at radius 1 is 1.11 bits per heavy atom. The van der Waals surface area contributed by atoms with E-state index in [1.807, 2.05) is 44.2 Å². The normalized spacial score (nSPS) is 14.4. The number of methoxy groups -OCH3 is 1. The van der Waals surface area contributed by atoms with E-state index < -0.39 is 11.9 Å². The van der Waals surface area contributed by atoms with Crippen molar-refractivity contribution in [2.75, 3.05) is 13.7 Å². The van der Waals surface area contributed by atoms with Gasteiger partial charge in [-0.05, 0) is 48.7 Å². The van der Waals surface area contributed by atoms with E-state index in [1.54, 1.807) is 37.4 Å². The number of hydrogen-bond acceptors (Lipinski definition) is 7. The zero-order valence-electron chi connectivity index (χ0n) is 19.8. The summed E-state index contributed by atoms with van der Waals surface area (Å²) in [5.74, 6) is 0.945. The number of carbonyl (C=O) groups is 1. The van der Waals surface area contributed by atoms with E-state index in [9.17, 15) is 10.1 Å². The second-order valence-corrected chi connectivity index (χ2v) is 8.09. The van der Waals surface area contributed by atoms with Crippen LogP contribution in [0.4, 0.5) is 0 Å². The summed E-state index contributed by atoms with van der Waals surface area (Å²) in [6.45, 7) is 4.44. The van der Waals surface area contributed by atoms with Crippen molar-refractivity contribution < 1.29 is 23.7 Å². The fraction of sp³-hybridized carbons (Fsp3) is 0.214. The number of nitrogens with zero attached hydrogens (tertiary/aromatic N) is 1. The molecule has 7 heteroatoms. The van der Waals surface area contributed by atoms with Crippen LogP contribution >= 0.6 is 0 Å². The SMILES string of the molecule is CCCOc1ccc(C2C(C#N)=C(N)Oc3cc(OC(=O)c4ccccc4C)ccc32)cc1OC. The van der Waals surface area contributed by atoms with E-state index in [0.29, 0.717) is 35.2 Å². The number of allylic oxidation sites excluding steroid dienone is 1. The minimum Gasteiger partial charge on any atom is -0.493 e. The Labute approximate surface area is 204 Å². The highest BCUT2D eigenvalue weighted by atomic mass is 16.5. The van der Waals surface area contributed by atoms with E-state index in [2.05, 4.69) is 6.07 Å². The molecule has 1 unspecified atom stereocenters. The Kier molecular flexibility index (Phi) is 6.93. The van der Waals surface area contributed by atoms with Gasteiger partial charge in [-0.1, -0.05) is 37.3 Å². The predicted molar refractivity (Wildman–Crippen MR) is 131 cm³/mol. The monoisotopic (exact) mass is 470 g/mol. The van der Waals surface area contributed by atoms with Crippen molar-refractivity contribution in [1.82, 2.24) is 0 Å². The van der Waals surface area contributed by atoms with Gasteiger partial charge in [0.05, 0.1) is 25.2 Å². The van der Waals surface area contributed by atoms with Crippen LogP contribution in [-0.4, -0.2) is 19.7 Å². The summed E-state index contributed by atoms with van der Waals surface area (Å²) in [6.07, 6.45) is 0.868. The average Bonchev–Trinajstić information content (AvgIpc) is 2.86. The lowest BCUT2D eigenvalue weighted by molar-refractivity contribution is 0.0733. The minimum absolute atomic E-state index is 0.00217. The fourth-order valence-electron chi connectivity index (χ4n) is 4.00. The first-order valence-electron chi connectivity index (χ1n) is 11.3. The molecule has 0 radical (unpaired) electrons. The van der Waals surface area contributed by atoms with Crippen molar-refractivity contribution in [2.45, 2.75) is 26.2 Å². The van der Waals surface area contributed by atoms with Gasteiger partial charge in [-0.15, -0.1) is 0 Å². The summed E-state index contributed by atoms with van der Waals surface area (Å²) in [5, 5.41) is 9.85. The van der Waals surface area contributed by atoms with Crippen molar-refractivity contribution in [3.63, 3.8) is 0 Å². The molecule has 0 saturated heterocycles. The van der Waals surface area contributed by atoms with E-state index in [1.165, 1.54) is 0 Å². The molecule has 178 valence electrons. The molecule has 2 N–H and O–H groups in total. The van der Waals surface area contributed by atoms with Gasteiger partial charge in [-0.25, -0.2) is 4.79 Å². The second-order valence-electron chi connectivity index (χ2n) is 8.09. The number of hydrogen-bond donors (Lipinski definition) is 1. The van der Waals surface area contributed by atoms with Crippen LogP contribution < -0.4 is 24.7 Å². The number of carbonyl (C=O) groups excluding carboxylic acids is 1. The third kappa shape index (κ3) is 4.78.